The molecule has 1 atom stereocenters. The van der Waals surface area contributed by atoms with Crippen molar-refractivity contribution in [1.29, 1.82) is 0 Å². The topological polar surface area (TPSA) is 78.9 Å². The second-order valence-electron chi connectivity index (χ2n) is 8.84. The first-order valence-corrected chi connectivity index (χ1v) is 10.3. The first kappa shape index (κ1) is 23.1. The number of piperazine rings is 1. The van der Waals surface area contributed by atoms with Crippen LogP contribution in [0.25, 0.3) is 0 Å². The van der Waals surface area contributed by atoms with Crippen molar-refractivity contribution >= 4 is 17.8 Å². The summed E-state index contributed by atoms with van der Waals surface area (Å²) in [6, 6.07) is 0.928. The number of amides is 2. The lowest BCUT2D eigenvalue weighted by Gasteiger charge is -2.39. The molecule has 0 N–H and O–H groups in total. The van der Waals surface area contributed by atoms with Crippen molar-refractivity contribution in [3.8, 4) is 0 Å². The molecule has 2 amide bonds. The van der Waals surface area contributed by atoms with Crippen LogP contribution in [0.2, 0.25) is 0 Å². The molecular formula is C20H28F3N5O3. The molecule has 3 heterocycles. The van der Waals surface area contributed by atoms with E-state index in [1.54, 1.807) is 35.5 Å². The third kappa shape index (κ3) is 5.98. The van der Waals surface area contributed by atoms with Gasteiger partial charge in [-0.25, -0.2) is 14.8 Å². The molecule has 172 valence electrons. The first-order valence-electron chi connectivity index (χ1n) is 10.3. The molecular weight excluding hydrogens is 415 g/mol. The van der Waals surface area contributed by atoms with E-state index in [2.05, 4.69) is 9.97 Å². The summed E-state index contributed by atoms with van der Waals surface area (Å²) in [6.07, 6.45) is -2.63. The average molecular weight is 443 g/mol. The van der Waals surface area contributed by atoms with Crippen LogP contribution in [-0.2, 0) is 15.7 Å². The molecule has 2 aliphatic heterocycles. The van der Waals surface area contributed by atoms with Crippen molar-refractivity contribution in [2.45, 2.75) is 45.4 Å². The van der Waals surface area contributed by atoms with Gasteiger partial charge >= 0.3 is 12.3 Å². The molecule has 0 unspecified atom stereocenters. The van der Waals surface area contributed by atoms with Crippen LogP contribution in [0.4, 0.5) is 23.8 Å². The number of piperidine rings is 1. The van der Waals surface area contributed by atoms with E-state index in [0.29, 0.717) is 45.7 Å². The lowest BCUT2D eigenvalue weighted by atomic mass is 9.96. The number of rotatable bonds is 2. The summed E-state index contributed by atoms with van der Waals surface area (Å²) >= 11 is 0. The minimum atomic E-state index is -4.53. The third-order valence-electron chi connectivity index (χ3n) is 5.28. The van der Waals surface area contributed by atoms with Crippen molar-refractivity contribution < 1.29 is 27.5 Å². The number of aromatic nitrogens is 2. The number of carbonyl (C=O) groups excluding carboxylic acids is 2. The number of hydrogen-bond acceptors (Lipinski definition) is 6. The Bertz CT molecular complexity index is 804. The molecule has 8 nitrogen and oxygen atoms in total. The highest BCUT2D eigenvalue weighted by molar-refractivity contribution is 5.80. The van der Waals surface area contributed by atoms with Gasteiger partial charge in [0.05, 0.1) is 5.92 Å². The number of nitrogens with zero attached hydrogens (tertiary/aromatic N) is 5. The molecule has 0 bridgehead atoms. The molecule has 0 radical (unpaired) electrons. The van der Waals surface area contributed by atoms with Crippen molar-refractivity contribution in [2.75, 3.05) is 44.2 Å². The summed E-state index contributed by atoms with van der Waals surface area (Å²) in [5.74, 6) is -0.140. The van der Waals surface area contributed by atoms with Gasteiger partial charge in [-0.1, -0.05) is 0 Å². The quantitative estimate of drug-likeness (QED) is 0.700. The van der Waals surface area contributed by atoms with Crippen molar-refractivity contribution in [3.63, 3.8) is 0 Å². The molecule has 1 aromatic heterocycles. The second kappa shape index (κ2) is 8.88. The van der Waals surface area contributed by atoms with E-state index in [-0.39, 0.29) is 17.6 Å². The fourth-order valence-corrected chi connectivity index (χ4v) is 3.76. The molecule has 0 saturated carbocycles. The van der Waals surface area contributed by atoms with E-state index < -0.39 is 23.6 Å². The van der Waals surface area contributed by atoms with E-state index in [0.717, 1.165) is 18.8 Å². The fraction of sp³-hybridized carbons (Fsp3) is 0.700. The van der Waals surface area contributed by atoms with Gasteiger partial charge in [-0.05, 0) is 33.6 Å². The molecule has 2 aliphatic rings. The third-order valence-corrected chi connectivity index (χ3v) is 5.28. The molecule has 0 aliphatic carbocycles. The molecule has 3 rings (SSSR count). The maximum Gasteiger partial charge on any atom is 0.433 e. The number of likely N-dealkylation sites (tertiary alicyclic amines) is 1. The Morgan fingerprint density at radius 2 is 1.71 bits per heavy atom. The summed E-state index contributed by atoms with van der Waals surface area (Å²) in [5.41, 5.74) is -1.59. The molecule has 31 heavy (non-hydrogen) atoms. The highest BCUT2D eigenvalue weighted by Gasteiger charge is 2.36. The molecule has 0 spiro atoms. The Kier molecular flexibility index (Phi) is 6.61. The van der Waals surface area contributed by atoms with Gasteiger partial charge in [0.25, 0.3) is 0 Å². The number of carbonyl (C=O) groups is 2. The second-order valence-corrected chi connectivity index (χ2v) is 8.84. The zero-order valence-electron chi connectivity index (χ0n) is 18.0. The van der Waals surface area contributed by atoms with Crippen LogP contribution >= 0.6 is 0 Å². The van der Waals surface area contributed by atoms with Gasteiger partial charge in [0.1, 0.15) is 23.4 Å². The highest BCUT2D eigenvalue weighted by atomic mass is 19.4. The Morgan fingerprint density at radius 3 is 2.32 bits per heavy atom. The van der Waals surface area contributed by atoms with Crippen LogP contribution in [0.3, 0.4) is 0 Å². The zero-order chi connectivity index (χ0) is 22.8. The van der Waals surface area contributed by atoms with Crippen LogP contribution in [0.1, 0.15) is 39.3 Å². The SMILES string of the molecule is CC(C)(C)OC(=O)N1CCC[C@@H](C(=O)N2CCN(c3cc(C(F)(F)F)ncn3)CC2)C1. The zero-order valence-corrected chi connectivity index (χ0v) is 18.0. The smallest absolute Gasteiger partial charge is 0.433 e. The Balaban J connectivity index is 1.56. The van der Waals surface area contributed by atoms with Crippen molar-refractivity contribution in [3.05, 3.63) is 18.1 Å². The number of halogens is 3. The predicted octanol–water partition coefficient (Wildman–Crippen LogP) is 2.79. The minimum Gasteiger partial charge on any atom is -0.444 e. The van der Waals surface area contributed by atoms with E-state index in [1.165, 1.54) is 0 Å². The number of alkyl halides is 3. The van der Waals surface area contributed by atoms with Crippen molar-refractivity contribution in [2.24, 2.45) is 5.92 Å². The highest BCUT2D eigenvalue weighted by Crippen LogP contribution is 2.29. The van der Waals surface area contributed by atoms with Gasteiger partial charge in [0.2, 0.25) is 5.91 Å². The lowest BCUT2D eigenvalue weighted by molar-refractivity contribution is -0.141. The van der Waals surface area contributed by atoms with E-state index in [1.807, 2.05) is 0 Å². The number of ether oxygens (including phenoxy) is 1. The normalized spacial score (nSPS) is 20.6. The average Bonchev–Trinajstić information content (AvgIpc) is 2.72. The van der Waals surface area contributed by atoms with Crippen molar-refractivity contribution in [1.82, 2.24) is 19.8 Å². The van der Waals surface area contributed by atoms with Crippen LogP contribution in [-0.4, -0.2) is 76.6 Å². The van der Waals surface area contributed by atoms with Crippen LogP contribution in [0.15, 0.2) is 12.4 Å². The summed E-state index contributed by atoms with van der Waals surface area (Å²) in [5, 5.41) is 0. The van der Waals surface area contributed by atoms with E-state index >= 15 is 0 Å². The lowest BCUT2D eigenvalue weighted by Crippen LogP contribution is -2.53. The minimum absolute atomic E-state index is 0.0356. The first-order chi connectivity index (χ1) is 14.4. The Hall–Kier alpha value is -2.59. The number of hydrogen-bond donors (Lipinski definition) is 0. The van der Waals surface area contributed by atoms with Gasteiger partial charge in [-0.2, -0.15) is 13.2 Å². The van der Waals surface area contributed by atoms with E-state index in [9.17, 15) is 22.8 Å². The van der Waals surface area contributed by atoms with Gasteiger partial charge in [-0.3, -0.25) is 4.79 Å². The van der Waals surface area contributed by atoms with Gasteiger partial charge < -0.3 is 19.4 Å². The standard InChI is InChI=1S/C20H28F3N5O3/c1-19(2,3)31-18(30)28-6-4-5-14(12-28)17(29)27-9-7-26(8-10-27)16-11-15(20(21,22)23)24-13-25-16/h11,13-14H,4-10,12H2,1-3H3/t14-/m1/s1. The maximum absolute atomic E-state index is 13.0. The molecule has 0 aromatic carbocycles. The number of anilines is 1. The summed E-state index contributed by atoms with van der Waals surface area (Å²) in [7, 11) is 0. The maximum atomic E-state index is 13.0. The molecule has 2 fully saturated rings. The van der Waals surface area contributed by atoms with Gasteiger partial charge in [0.15, 0.2) is 0 Å². The molecule has 2 saturated heterocycles. The largest absolute Gasteiger partial charge is 0.444 e. The Morgan fingerprint density at radius 1 is 1.03 bits per heavy atom. The molecule has 11 heteroatoms. The van der Waals surface area contributed by atoms with Gasteiger partial charge in [0, 0.05) is 45.3 Å². The van der Waals surface area contributed by atoms with Crippen LogP contribution < -0.4 is 4.90 Å². The van der Waals surface area contributed by atoms with E-state index in [4.69, 9.17) is 4.74 Å². The summed E-state index contributed by atoms with van der Waals surface area (Å²) in [4.78, 5) is 37.6. The summed E-state index contributed by atoms with van der Waals surface area (Å²) < 4.78 is 44.1. The van der Waals surface area contributed by atoms with Gasteiger partial charge in [-0.15, -0.1) is 0 Å². The summed E-state index contributed by atoms with van der Waals surface area (Å²) in [6.45, 7) is 7.78. The fourth-order valence-electron chi connectivity index (χ4n) is 3.76. The predicted molar refractivity (Wildman–Crippen MR) is 106 cm³/mol. The van der Waals surface area contributed by atoms with Crippen LogP contribution in [0, 0.1) is 5.92 Å². The monoisotopic (exact) mass is 443 g/mol. The van der Waals surface area contributed by atoms with Crippen LogP contribution in [0.5, 0.6) is 0 Å². The Labute approximate surface area is 179 Å². The molecule has 1 aromatic rings.